The summed E-state index contributed by atoms with van der Waals surface area (Å²) < 4.78 is 44.3. The van der Waals surface area contributed by atoms with E-state index in [0.717, 1.165) is 28.2 Å². The van der Waals surface area contributed by atoms with Crippen molar-refractivity contribution in [2.24, 2.45) is 5.41 Å². The first-order valence-electron chi connectivity index (χ1n) is 12.3. The van der Waals surface area contributed by atoms with E-state index in [1.807, 2.05) is 20.8 Å². The SMILES string of the molecule is CC(C)(C)C(c1ccc(-c2cc3nccc(Oc4ccc([N+](=O)[O-])cc4F)c3s2)nc1)N(CCS(C)(=O)=O)C(=O)O. The summed E-state index contributed by atoms with van der Waals surface area (Å²) in [5, 5.41) is 20.8. The van der Waals surface area contributed by atoms with E-state index in [2.05, 4.69) is 9.97 Å². The molecule has 1 atom stereocenters. The predicted octanol–water partition coefficient (Wildman–Crippen LogP) is 6.31. The topological polar surface area (TPSA) is 153 Å². The number of nitrogens with zero attached hydrogens (tertiary/aromatic N) is 4. The molecule has 14 heteroatoms. The van der Waals surface area contributed by atoms with Gasteiger partial charge in [-0.3, -0.25) is 25.0 Å². The van der Waals surface area contributed by atoms with E-state index in [-0.39, 0.29) is 18.0 Å². The van der Waals surface area contributed by atoms with Gasteiger partial charge in [0.25, 0.3) is 5.69 Å². The van der Waals surface area contributed by atoms with Crippen LogP contribution in [0.5, 0.6) is 11.5 Å². The molecule has 1 unspecified atom stereocenters. The average Bonchev–Trinajstić information content (AvgIpc) is 3.31. The standard InChI is InChI=1S/C27H27FN4O7S2/c1-27(2,3)25(31(26(33)34)11-12-41(4,37)38)16-5-7-19(30-15-16)23-14-20-24(40-23)22(9-10-29-20)39-21-8-6-17(32(35)36)13-18(21)28/h5-10,13-15,25H,11-12H2,1-4H3,(H,33,34). The summed E-state index contributed by atoms with van der Waals surface area (Å²) in [6, 6.07) is 9.32. The Balaban J connectivity index is 1.65. The quantitative estimate of drug-likeness (QED) is 0.171. The predicted molar refractivity (Wildman–Crippen MR) is 153 cm³/mol. The van der Waals surface area contributed by atoms with Crippen molar-refractivity contribution in [3.8, 4) is 22.1 Å². The maximum Gasteiger partial charge on any atom is 0.407 e. The number of nitro benzene ring substituents is 1. The monoisotopic (exact) mass is 602 g/mol. The third-order valence-corrected chi connectivity index (χ3v) is 8.24. The lowest BCUT2D eigenvalue weighted by Gasteiger charge is -2.38. The van der Waals surface area contributed by atoms with Gasteiger partial charge in [0.1, 0.15) is 15.6 Å². The van der Waals surface area contributed by atoms with Gasteiger partial charge in [0, 0.05) is 37.3 Å². The second-order valence-corrected chi connectivity index (χ2v) is 13.8. The number of hydrogen-bond acceptors (Lipinski definition) is 9. The summed E-state index contributed by atoms with van der Waals surface area (Å²) in [7, 11) is -3.38. The molecule has 4 aromatic rings. The molecule has 0 spiro atoms. The smallest absolute Gasteiger partial charge is 0.407 e. The Hall–Kier alpha value is -4.17. The zero-order valence-corrected chi connectivity index (χ0v) is 24.2. The molecule has 0 aliphatic heterocycles. The fourth-order valence-corrected chi connectivity index (χ4v) is 5.96. The molecule has 41 heavy (non-hydrogen) atoms. The molecule has 0 saturated heterocycles. The van der Waals surface area contributed by atoms with Crippen LogP contribution >= 0.6 is 11.3 Å². The minimum atomic E-state index is -3.38. The van der Waals surface area contributed by atoms with Gasteiger partial charge in [-0.1, -0.05) is 26.8 Å². The highest BCUT2D eigenvalue weighted by molar-refractivity contribution is 7.90. The van der Waals surface area contributed by atoms with E-state index in [4.69, 9.17) is 4.74 Å². The first-order chi connectivity index (χ1) is 19.1. The zero-order chi connectivity index (χ0) is 30.1. The van der Waals surface area contributed by atoms with Gasteiger partial charge in [0.15, 0.2) is 11.6 Å². The van der Waals surface area contributed by atoms with E-state index in [9.17, 15) is 32.8 Å². The van der Waals surface area contributed by atoms with Gasteiger partial charge < -0.3 is 9.84 Å². The number of benzene rings is 1. The number of nitro groups is 1. The summed E-state index contributed by atoms with van der Waals surface area (Å²) in [4.78, 5) is 33.1. The minimum Gasteiger partial charge on any atom is -0.465 e. The van der Waals surface area contributed by atoms with Gasteiger partial charge in [-0.25, -0.2) is 17.6 Å². The molecule has 0 aliphatic rings. The van der Waals surface area contributed by atoms with Crippen LogP contribution in [0.1, 0.15) is 32.4 Å². The van der Waals surface area contributed by atoms with Crippen LogP contribution in [0.4, 0.5) is 14.9 Å². The van der Waals surface area contributed by atoms with Crippen LogP contribution in [0, 0.1) is 21.3 Å². The van der Waals surface area contributed by atoms with Crippen molar-refractivity contribution in [3.05, 3.63) is 76.4 Å². The van der Waals surface area contributed by atoms with E-state index in [1.54, 1.807) is 30.5 Å². The minimum absolute atomic E-state index is 0.174. The zero-order valence-electron chi connectivity index (χ0n) is 22.6. The second kappa shape index (κ2) is 11.4. The second-order valence-electron chi connectivity index (χ2n) is 10.5. The maximum absolute atomic E-state index is 14.4. The van der Waals surface area contributed by atoms with Gasteiger partial charge in [-0.15, -0.1) is 11.3 Å². The van der Waals surface area contributed by atoms with Crippen LogP contribution in [0.15, 0.2) is 54.9 Å². The van der Waals surface area contributed by atoms with Gasteiger partial charge in [0.2, 0.25) is 0 Å². The Labute approximate surface area is 239 Å². The molecule has 1 amide bonds. The first-order valence-corrected chi connectivity index (χ1v) is 15.2. The molecule has 0 bridgehead atoms. The van der Waals surface area contributed by atoms with Crippen molar-refractivity contribution >= 4 is 43.2 Å². The molecule has 0 aliphatic carbocycles. The number of pyridine rings is 2. The molecule has 3 aromatic heterocycles. The number of halogens is 1. The number of aromatic nitrogens is 2. The van der Waals surface area contributed by atoms with Crippen LogP contribution < -0.4 is 4.74 Å². The van der Waals surface area contributed by atoms with Crippen LogP contribution in [0.2, 0.25) is 0 Å². The molecule has 11 nitrogen and oxygen atoms in total. The molecule has 4 rings (SSSR count). The Morgan fingerprint density at radius 3 is 2.46 bits per heavy atom. The van der Waals surface area contributed by atoms with E-state index in [0.29, 0.717) is 27.2 Å². The van der Waals surface area contributed by atoms with E-state index >= 15 is 0 Å². The van der Waals surface area contributed by atoms with Crippen molar-refractivity contribution in [3.63, 3.8) is 0 Å². The number of carbonyl (C=O) groups is 1. The molecule has 3 heterocycles. The number of sulfone groups is 1. The number of amides is 1. The molecule has 216 valence electrons. The molecular weight excluding hydrogens is 575 g/mol. The Morgan fingerprint density at radius 1 is 1.17 bits per heavy atom. The number of non-ortho nitro benzene ring substituents is 1. The lowest BCUT2D eigenvalue weighted by molar-refractivity contribution is -0.385. The molecule has 0 radical (unpaired) electrons. The molecule has 0 fully saturated rings. The molecular formula is C27H27FN4O7S2. The Kier molecular flexibility index (Phi) is 8.27. The first kappa shape index (κ1) is 29.8. The molecule has 1 N–H and O–H groups in total. The number of fused-ring (bicyclic) bond motifs is 1. The number of hydrogen-bond donors (Lipinski definition) is 1. The highest BCUT2D eigenvalue weighted by Crippen LogP contribution is 2.41. The van der Waals surface area contributed by atoms with Crippen molar-refractivity contribution in [1.82, 2.24) is 14.9 Å². The fourth-order valence-electron chi connectivity index (χ4n) is 4.39. The molecule has 1 aromatic carbocycles. The van der Waals surface area contributed by atoms with Crippen molar-refractivity contribution in [2.75, 3.05) is 18.6 Å². The summed E-state index contributed by atoms with van der Waals surface area (Å²) >= 11 is 1.30. The van der Waals surface area contributed by atoms with E-state index in [1.165, 1.54) is 23.6 Å². The van der Waals surface area contributed by atoms with Gasteiger partial charge in [-0.2, -0.15) is 0 Å². The summed E-state index contributed by atoms with van der Waals surface area (Å²) in [6.07, 6.45) is 2.90. The van der Waals surface area contributed by atoms with Gasteiger partial charge in [-0.05, 0) is 29.2 Å². The van der Waals surface area contributed by atoms with Gasteiger partial charge in [0.05, 0.1) is 43.6 Å². The number of thiophene rings is 1. The van der Waals surface area contributed by atoms with Crippen LogP contribution in [0.3, 0.4) is 0 Å². The number of rotatable bonds is 9. The Bertz CT molecular complexity index is 1720. The lowest BCUT2D eigenvalue weighted by Crippen LogP contribution is -2.42. The summed E-state index contributed by atoms with van der Waals surface area (Å²) in [5.74, 6) is -1.04. The third kappa shape index (κ3) is 6.95. The highest BCUT2D eigenvalue weighted by atomic mass is 32.2. The van der Waals surface area contributed by atoms with Gasteiger partial charge >= 0.3 is 6.09 Å². The Morgan fingerprint density at radius 2 is 1.90 bits per heavy atom. The number of carboxylic acid groups (broad SMARTS) is 1. The number of ether oxygens (including phenoxy) is 1. The summed E-state index contributed by atoms with van der Waals surface area (Å²) in [6.45, 7) is 5.43. The van der Waals surface area contributed by atoms with Crippen LogP contribution in [-0.2, 0) is 9.84 Å². The fraction of sp³-hybridized carbons (Fsp3) is 0.296. The van der Waals surface area contributed by atoms with Crippen molar-refractivity contribution in [2.45, 2.75) is 26.8 Å². The average molecular weight is 603 g/mol. The van der Waals surface area contributed by atoms with Crippen molar-refractivity contribution < 1.29 is 32.4 Å². The van der Waals surface area contributed by atoms with Crippen LogP contribution in [0.25, 0.3) is 20.8 Å². The van der Waals surface area contributed by atoms with Crippen LogP contribution in [-0.4, -0.2) is 58.0 Å². The summed E-state index contributed by atoms with van der Waals surface area (Å²) in [5.41, 5.74) is 0.795. The highest BCUT2D eigenvalue weighted by Gasteiger charge is 2.35. The maximum atomic E-state index is 14.4. The normalized spacial score (nSPS) is 12.7. The van der Waals surface area contributed by atoms with E-state index < -0.39 is 43.8 Å². The molecule has 0 saturated carbocycles. The van der Waals surface area contributed by atoms with Crippen molar-refractivity contribution in [1.29, 1.82) is 0 Å². The lowest BCUT2D eigenvalue weighted by atomic mass is 9.82. The third-order valence-electron chi connectivity index (χ3n) is 6.16. The largest absolute Gasteiger partial charge is 0.465 e.